The first-order valence-corrected chi connectivity index (χ1v) is 3.82. The first kappa shape index (κ1) is 8.80. The summed E-state index contributed by atoms with van der Waals surface area (Å²) >= 11 is 4.49. The second-order valence-electron chi connectivity index (χ2n) is 2.07. The Labute approximate surface area is 62.2 Å². The van der Waals surface area contributed by atoms with Crippen LogP contribution in [0.25, 0.3) is 0 Å². The topological polar surface area (TPSA) is 12.4 Å². The normalized spacial score (nSPS) is 12.2. The van der Waals surface area contributed by atoms with Crippen molar-refractivity contribution in [3.05, 3.63) is 0 Å². The number of hydrogen-bond donors (Lipinski definition) is 0. The van der Waals surface area contributed by atoms with Crippen molar-refractivity contribution in [1.82, 2.24) is 0 Å². The minimum atomic E-state index is 0.424. The van der Waals surface area contributed by atoms with Gasteiger partial charge in [-0.25, -0.2) is 4.99 Å². The molecule has 0 spiro atoms. The van der Waals surface area contributed by atoms with Crippen molar-refractivity contribution in [2.45, 2.75) is 39.2 Å². The average Bonchev–Trinajstić information content (AvgIpc) is 1.88. The number of nitrogens with zero attached hydrogens (tertiary/aromatic N) is 1. The molecule has 0 heterocycles. The molecule has 1 nitrogen and oxygen atoms in total. The van der Waals surface area contributed by atoms with E-state index in [1.54, 1.807) is 0 Å². The molecule has 0 rings (SSSR count). The van der Waals surface area contributed by atoms with E-state index in [1.807, 2.05) is 0 Å². The lowest BCUT2D eigenvalue weighted by atomic mass is 10.1. The number of thiocarbonyl (C=S) groups is 1. The van der Waals surface area contributed by atoms with Gasteiger partial charge in [-0.3, -0.25) is 0 Å². The molecule has 0 aromatic rings. The Morgan fingerprint density at radius 3 is 2.56 bits per heavy atom. The van der Waals surface area contributed by atoms with Gasteiger partial charge in [-0.15, -0.1) is 0 Å². The molecular weight excluding hydrogens is 130 g/mol. The molecule has 1 unspecified atom stereocenters. The summed E-state index contributed by atoms with van der Waals surface area (Å²) in [4.78, 5) is 4.00. The highest BCUT2D eigenvalue weighted by molar-refractivity contribution is 7.78. The number of hydrogen-bond acceptors (Lipinski definition) is 2. The Morgan fingerprint density at radius 2 is 2.22 bits per heavy atom. The minimum absolute atomic E-state index is 0.424. The molecule has 0 saturated carbocycles. The second kappa shape index (κ2) is 5.93. The average molecular weight is 143 g/mol. The van der Waals surface area contributed by atoms with Gasteiger partial charge in [-0.05, 0) is 25.1 Å². The lowest BCUT2D eigenvalue weighted by Gasteiger charge is -2.03. The summed E-state index contributed by atoms with van der Waals surface area (Å²) < 4.78 is 0. The molecule has 0 saturated heterocycles. The van der Waals surface area contributed by atoms with Crippen LogP contribution in [0.4, 0.5) is 0 Å². The number of isothiocyanates is 1. The zero-order chi connectivity index (χ0) is 7.11. The molecule has 0 radical (unpaired) electrons. The maximum atomic E-state index is 4.49. The van der Waals surface area contributed by atoms with E-state index in [0.717, 1.165) is 12.8 Å². The highest BCUT2D eigenvalue weighted by atomic mass is 32.1. The monoisotopic (exact) mass is 143 g/mol. The summed E-state index contributed by atoms with van der Waals surface area (Å²) in [5, 5.41) is 2.41. The molecule has 52 valence electrons. The third kappa shape index (κ3) is 4.31. The molecule has 0 aliphatic carbocycles. The van der Waals surface area contributed by atoms with E-state index in [9.17, 15) is 0 Å². The fourth-order valence-corrected chi connectivity index (χ4v) is 0.917. The maximum absolute atomic E-state index is 4.49. The van der Waals surface area contributed by atoms with E-state index in [2.05, 4.69) is 36.2 Å². The molecule has 1 atom stereocenters. The van der Waals surface area contributed by atoms with Crippen LogP contribution in [0.15, 0.2) is 4.99 Å². The lowest BCUT2D eigenvalue weighted by molar-refractivity contribution is 0.592. The predicted molar refractivity (Wildman–Crippen MR) is 44.0 cm³/mol. The van der Waals surface area contributed by atoms with Gasteiger partial charge in [0.2, 0.25) is 0 Å². The molecule has 0 fully saturated rings. The Hall–Kier alpha value is -0.200. The summed E-state index contributed by atoms with van der Waals surface area (Å²) in [5.74, 6) is 0. The van der Waals surface area contributed by atoms with Crippen molar-refractivity contribution in [1.29, 1.82) is 0 Å². The zero-order valence-electron chi connectivity index (χ0n) is 6.05. The van der Waals surface area contributed by atoms with Gasteiger partial charge in [-0.2, -0.15) is 0 Å². The molecule has 2 heteroatoms. The minimum Gasteiger partial charge on any atom is -0.229 e. The highest BCUT2D eigenvalue weighted by Crippen LogP contribution is 2.03. The molecule has 0 aromatic carbocycles. The van der Waals surface area contributed by atoms with E-state index in [-0.39, 0.29) is 0 Å². The number of rotatable bonds is 4. The van der Waals surface area contributed by atoms with Crippen LogP contribution >= 0.6 is 12.2 Å². The van der Waals surface area contributed by atoms with Crippen LogP contribution in [0.1, 0.15) is 33.1 Å². The van der Waals surface area contributed by atoms with E-state index in [1.165, 1.54) is 6.42 Å². The molecule has 0 aliphatic heterocycles. The van der Waals surface area contributed by atoms with Crippen LogP contribution in [-0.2, 0) is 0 Å². The molecule has 0 N–H and O–H groups in total. The summed E-state index contributed by atoms with van der Waals surface area (Å²) in [6.07, 6.45) is 3.40. The molecule has 0 bridgehead atoms. The Balaban J connectivity index is 3.53. The number of aliphatic imine (C=N–C) groups is 1. The fraction of sp³-hybridized carbons (Fsp3) is 0.857. The van der Waals surface area contributed by atoms with E-state index in [4.69, 9.17) is 0 Å². The molecule has 0 aromatic heterocycles. The summed E-state index contributed by atoms with van der Waals surface area (Å²) in [6.45, 7) is 4.28. The summed E-state index contributed by atoms with van der Waals surface area (Å²) in [7, 11) is 0. The van der Waals surface area contributed by atoms with Gasteiger partial charge in [0.25, 0.3) is 0 Å². The van der Waals surface area contributed by atoms with Crippen LogP contribution in [0.3, 0.4) is 0 Å². The van der Waals surface area contributed by atoms with Crippen molar-refractivity contribution in [3.63, 3.8) is 0 Å². The Bertz CT molecular complexity index is 105. The molecule has 0 amide bonds. The van der Waals surface area contributed by atoms with Crippen LogP contribution in [0, 0.1) is 0 Å². The SMILES string of the molecule is CCCC(CC)N=C=S. The van der Waals surface area contributed by atoms with Gasteiger partial charge in [0.15, 0.2) is 0 Å². The summed E-state index contributed by atoms with van der Waals surface area (Å²) in [5.41, 5.74) is 0. The van der Waals surface area contributed by atoms with E-state index < -0.39 is 0 Å². The molecule has 9 heavy (non-hydrogen) atoms. The van der Waals surface area contributed by atoms with Crippen molar-refractivity contribution in [3.8, 4) is 0 Å². The lowest BCUT2D eigenvalue weighted by Crippen LogP contribution is -1.99. The Morgan fingerprint density at radius 1 is 1.56 bits per heavy atom. The van der Waals surface area contributed by atoms with Crippen LogP contribution in [-0.4, -0.2) is 11.2 Å². The van der Waals surface area contributed by atoms with Gasteiger partial charge in [0.1, 0.15) is 0 Å². The van der Waals surface area contributed by atoms with Crippen molar-refractivity contribution >= 4 is 17.4 Å². The van der Waals surface area contributed by atoms with E-state index in [0.29, 0.717) is 6.04 Å². The van der Waals surface area contributed by atoms with Gasteiger partial charge in [-0.1, -0.05) is 20.3 Å². The van der Waals surface area contributed by atoms with Gasteiger partial charge in [0, 0.05) is 0 Å². The van der Waals surface area contributed by atoms with Crippen molar-refractivity contribution in [2.75, 3.05) is 0 Å². The van der Waals surface area contributed by atoms with Gasteiger partial charge in [0.05, 0.1) is 11.2 Å². The zero-order valence-corrected chi connectivity index (χ0v) is 6.87. The van der Waals surface area contributed by atoms with Gasteiger partial charge < -0.3 is 0 Å². The van der Waals surface area contributed by atoms with Crippen molar-refractivity contribution < 1.29 is 0 Å². The molecule has 0 aliphatic rings. The van der Waals surface area contributed by atoms with Crippen LogP contribution in [0.2, 0.25) is 0 Å². The second-order valence-corrected chi connectivity index (χ2v) is 2.25. The first-order chi connectivity index (χ1) is 4.35. The first-order valence-electron chi connectivity index (χ1n) is 3.42. The highest BCUT2D eigenvalue weighted by Gasteiger charge is 1.98. The predicted octanol–water partition coefficient (Wildman–Crippen LogP) is 2.67. The van der Waals surface area contributed by atoms with Crippen molar-refractivity contribution in [2.24, 2.45) is 4.99 Å². The van der Waals surface area contributed by atoms with E-state index >= 15 is 0 Å². The largest absolute Gasteiger partial charge is 0.229 e. The standard InChI is InChI=1S/C7H13NS/c1-3-5-7(4-2)8-6-9/h7H,3-5H2,1-2H3. The summed E-state index contributed by atoms with van der Waals surface area (Å²) in [6, 6.07) is 0.424. The van der Waals surface area contributed by atoms with Crippen LogP contribution < -0.4 is 0 Å². The smallest absolute Gasteiger partial charge is 0.0600 e. The van der Waals surface area contributed by atoms with Gasteiger partial charge >= 0.3 is 0 Å². The third-order valence-corrected chi connectivity index (χ3v) is 1.43. The quantitative estimate of drug-likeness (QED) is 0.435. The Kier molecular flexibility index (Phi) is 5.80. The third-order valence-electron chi connectivity index (χ3n) is 1.33. The maximum Gasteiger partial charge on any atom is 0.0600 e. The molecular formula is C7H13NS. The van der Waals surface area contributed by atoms with Crippen LogP contribution in [0.5, 0.6) is 0 Å². The fourth-order valence-electron chi connectivity index (χ4n) is 0.768.